The number of hydrogen-bond acceptors (Lipinski definition) is 4. The van der Waals surface area contributed by atoms with Crippen molar-refractivity contribution >= 4 is 29.7 Å². The maximum Gasteiger partial charge on any atom is 0.326 e. The van der Waals surface area contributed by atoms with Gasteiger partial charge in [0, 0.05) is 6.04 Å². The van der Waals surface area contributed by atoms with Gasteiger partial charge in [0.25, 0.3) is 0 Å². The number of nitrogens with one attached hydrogen (secondary N) is 3. The van der Waals surface area contributed by atoms with Crippen molar-refractivity contribution in [3.8, 4) is 0 Å². The van der Waals surface area contributed by atoms with Crippen LogP contribution in [0.5, 0.6) is 0 Å². The first-order valence-electron chi connectivity index (χ1n) is 6.53. The fourth-order valence-electron chi connectivity index (χ4n) is 1.51. The van der Waals surface area contributed by atoms with Crippen LogP contribution in [-0.4, -0.2) is 53.1 Å². The van der Waals surface area contributed by atoms with Crippen LogP contribution < -0.4 is 16.0 Å². The normalized spacial score (nSPS) is 16.9. The fraction of sp³-hybridized carbons (Fsp3) is 0.750. The molecule has 4 N–H and O–H groups in total. The van der Waals surface area contributed by atoms with E-state index in [1.807, 2.05) is 6.26 Å². The summed E-state index contributed by atoms with van der Waals surface area (Å²) >= 11 is 1.51. The molecule has 20 heavy (non-hydrogen) atoms. The third-order valence-corrected chi connectivity index (χ3v) is 3.52. The Morgan fingerprint density at radius 3 is 2.45 bits per heavy atom. The quantitative estimate of drug-likeness (QED) is 0.511. The van der Waals surface area contributed by atoms with Crippen molar-refractivity contribution in [2.75, 3.05) is 12.0 Å². The minimum atomic E-state index is -1.08. The molecule has 1 fully saturated rings. The predicted molar refractivity (Wildman–Crippen MR) is 76.7 cm³/mol. The van der Waals surface area contributed by atoms with Crippen molar-refractivity contribution < 1.29 is 19.5 Å². The molecule has 1 saturated carbocycles. The van der Waals surface area contributed by atoms with Crippen LogP contribution in [0.15, 0.2) is 0 Å². The summed E-state index contributed by atoms with van der Waals surface area (Å²) in [5.41, 5.74) is 0. The number of urea groups is 1. The summed E-state index contributed by atoms with van der Waals surface area (Å²) in [6, 6.07) is -2.05. The molecule has 0 bridgehead atoms. The van der Waals surface area contributed by atoms with Gasteiger partial charge in [0.2, 0.25) is 5.91 Å². The zero-order valence-electron chi connectivity index (χ0n) is 11.6. The maximum atomic E-state index is 11.7. The monoisotopic (exact) mass is 303 g/mol. The molecule has 114 valence electrons. The molecule has 0 aromatic carbocycles. The molecule has 0 aromatic rings. The molecule has 0 radical (unpaired) electrons. The second-order valence-corrected chi connectivity index (χ2v) is 5.78. The van der Waals surface area contributed by atoms with E-state index >= 15 is 0 Å². The molecule has 0 aliphatic heterocycles. The number of aliphatic carboxylic acids is 1. The molecular weight excluding hydrogens is 282 g/mol. The molecule has 8 heteroatoms. The highest BCUT2D eigenvalue weighted by molar-refractivity contribution is 7.98. The van der Waals surface area contributed by atoms with E-state index in [1.54, 1.807) is 6.92 Å². The number of hydrogen-bond donors (Lipinski definition) is 4. The minimum Gasteiger partial charge on any atom is -0.480 e. The number of thioether (sulfide) groups is 1. The van der Waals surface area contributed by atoms with Crippen LogP contribution in [-0.2, 0) is 9.59 Å². The first-order chi connectivity index (χ1) is 9.43. The van der Waals surface area contributed by atoms with Gasteiger partial charge in [-0.1, -0.05) is 0 Å². The van der Waals surface area contributed by atoms with E-state index in [1.165, 1.54) is 11.8 Å². The van der Waals surface area contributed by atoms with Gasteiger partial charge in [-0.2, -0.15) is 11.8 Å². The molecule has 1 rings (SSSR count). The van der Waals surface area contributed by atoms with Gasteiger partial charge >= 0.3 is 12.0 Å². The Morgan fingerprint density at radius 2 is 1.95 bits per heavy atom. The summed E-state index contributed by atoms with van der Waals surface area (Å²) < 4.78 is 0. The molecule has 1 aliphatic rings. The van der Waals surface area contributed by atoms with Crippen LogP contribution in [0.1, 0.15) is 26.2 Å². The molecule has 2 atom stereocenters. The van der Waals surface area contributed by atoms with Gasteiger partial charge in [-0.15, -0.1) is 0 Å². The molecule has 3 amide bonds. The molecule has 0 heterocycles. The van der Waals surface area contributed by atoms with Gasteiger partial charge in [0.15, 0.2) is 0 Å². The summed E-state index contributed by atoms with van der Waals surface area (Å²) in [5, 5.41) is 16.6. The highest BCUT2D eigenvalue weighted by Gasteiger charge is 2.27. The molecule has 0 aromatic heterocycles. The van der Waals surface area contributed by atoms with E-state index in [0.717, 1.165) is 12.8 Å². The SMILES string of the molecule is CSCCC(NC(=O)NC(C)C(=O)NC1CC1)C(=O)O. The molecular formula is C12H21N3O4S. The van der Waals surface area contributed by atoms with E-state index in [9.17, 15) is 14.4 Å². The lowest BCUT2D eigenvalue weighted by atomic mass is 10.2. The summed E-state index contributed by atoms with van der Waals surface area (Å²) in [4.78, 5) is 34.3. The Morgan fingerprint density at radius 1 is 1.30 bits per heavy atom. The van der Waals surface area contributed by atoms with Gasteiger partial charge in [0.05, 0.1) is 0 Å². The van der Waals surface area contributed by atoms with Gasteiger partial charge in [-0.05, 0) is 38.2 Å². The van der Waals surface area contributed by atoms with E-state index < -0.39 is 24.1 Å². The third kappa shape index (κ3) is 6.14. The van der Waals surface area contributed by atoms with Gasteiger partial charge in [-0.3, -0.25) is 4.79 Å². The Bertz CT molecular complexity index is 374. The van der Waals surface area contributed by atoms with Crippen LogP contribution in [0.2, 0.25) is 0 Å². The summed E-state index contributed by atoms with van der Waals surface area (Å²) in [6.07, 6.45) is 4.15. The van der Waals surface area contributed by atoms with Crippen molar-refractivity contribution in [3.63, 3.8) is 0 Å². The maximum absolute atomic E-state index is 11.7. The highest BCUT2D eigenvalue weighted by Crippen LogP contribution is 2.18. The second-order valence-electron chi connectivity index (χ2n) is 4.79. The van der Waals surface area contributed by atoms with Gasteiger partial charge in [0.1, 0.15) is 12.1 Å². The Balaban J connectivity index is 2.35. The second kappa shape index (κ2) is 7.98. The number of rotatable bonds is 8. The lowest BCUT2D eigenvalue weighted by Gasteiger charge is -2.18. The van der Waals surface area contributed by atoms with Crippen molar-refractivity contribution in [3.05, 3.63) is 0 Å². The average Bonchev–Trinajstić information content (AvgIpc) is 3.17. The van der Waals surface area contributed by atoms with Crippen molar-refractivity contribution in [1.29, 1.82) is 0 Å². The lowest BCUT2D eigenvalue weighted by molar-refractivity contribution is -0.139. The van der Waals surface area contributed by atoms with E-state index in [4.69, 9.17) is 5.11 Å². The lowest BCUT2D eigenvalue weighted by Crippen LogP contribution is -2.52. The molecule has 2 unspecified atom stereocenters. The number of amides is 3. The standard InChI is InChI=1S/C12H21N3O4S/c1-7(10(16)14-8-3-4-8)13-12(19)15-9(11(17)18)5-6-20-2/h7-9H,3-6H2,1-2H3,(H,14,16)(H,17,18)(H2,13,15,19). The van der Waals surface area contributed by atoms with Crippen molar-refractivity contribution in [2.45, 2.75) is 44.3 Å². The molecule has 1 aliphatic carbocycles. The first kappa shape index (κ1) is 16.6. The zero-order valence-corrected chi connectivity index (χ0v) is 12.5. The van der Waals surface area contributed by atoms with Crippen LogP contribution in [0.3, 0.4) is 0 Å². The highest BCUT2D eigenvalue weighted by atomic mass is 32.2. The number of carboxylic acid groups (broad SMARTS) is 1. The zero-order chi connectivity index (χ0) is 15.1. The molecule has 0 spiro atoms. The van der Waals surface area contributed by atoms with Crippen LogP contribution >= 0.6 is 11.8 Å². The Labute approximate surface area is 122 Å². The third-order valence-electron chi connectivity index (χ3n) is 2.88. The fourth-order valence-corrected chi connectivity index (χ4v) is 1.98. The summed E-state index contributed by atoms with van der Waals surface area (Å²) in [6.45, 7) is 1.56. The smallest absolute Gasteiger partial charge is 0.326 e. The van der Waals surface area contributed by atoms with Crippen LogP contribution in [0.25, 0.3) is 0 Å². The van der Waals surface area contributed by atoms with E-state index in [0.29, 0.717) is 12.2 Å². The molecule has 7 nitrogen and oxygen atoms in total. The van der Waals surface area contributed by atoms with Crippen molar-refractivity contribution in [2.24, 2.45) is 0 Å². The van der Waals surface area contributed by atoms with Gasteiger partial charge < -0.3 is 21.1 Å². The predicted octanol–water partition coefficient (Wildman–Crippen LogP) is 0.159. The average molecular weight is 303 g/mol. The number of carboxylic acids is 1. The largest absolute Gasteiger partial charge is 0.480 e. The Hall–Kier alpha value is -1.44. The number of carbonyl (C=O) groups is 3. The van der Waals surface area contributed by atoms with Crippen LogP contribution in [0.4, 0.5) is 4.79 Å². The first-order valence-corrected chi connectivity index (χ1v) is 7.92. The van der Waals surface area contributed by atoms with Crippen molar-refractivity contribution in [1.82, 2.24) is 16.0 Å². The minimum absolute atomic E-state index is 0.225. The topological polar surface area (TPSA) is 108 Å². The van der Waals surface area contributed by atoms with E-state index in [2.05, 4.69) is 16.0 Å². The van der Waals surface area contributed by atoms with Crippen LogP contribution in [0, 0.1) is 0 Å². The molecule has 0 saturated heterocycles. The summed E-state index contributed by atoms with van der Waals surface area (Å²) in [7, 11) is 0. The summed E-state index contributed by atoms with van der Waals surface area (Å²) in [5.74, 6) is -0.697. The number of carbonyl (C=O) groups excluding carboxylic acids is 2. The van der Waals surface area contributed by atoms with E-state index in [-0.39, 0.29) is 11.9 Å². The van der Waals surface area contributed by atoms with Gasteiger partial charge in [-0.25, -0.2) is 9.59 Å². The Kier molecular flexibility index (Phi) is 6.63.